The highest BCUT2D eigenvalue weighted by Gasteiger charge is 2.61. The molecule has 272 valence electrons. The second-order valence-corrected chi connectivity index (χ2v) is 17.7. The summed E-state index contributed by atoms with van der Waals surface area (Å²) in [6, 6.07) is 0. The van der Waals surface area contributed by atoms with Gasteiger partial charge < -0.3 is 29.5 Å². The maximum atomic E-state index is 12.2. The van der Waals surface area contributed by atoms with Crippen LogP contribution in [0.5, 0.6) is 0 Å². The molecule has 0 aromatic rings. The van der Waals surface area contributed by atoms with Crippen molar-refractivity contribution in [3.05, 3.63) is 0 Å². The van der Waals surface area contributed by atoms with Gasteiger partial charge in [-0.3, -0.25) is 4.79 Å². The quantitative estimate of drug-likeness (QED) is 0.0990. The van der Waals surface area contributed by atoms with E-state index in [2.05, 4.69) is 41.5 Å². The van der Waals surface area contributed by atoms with Gasteiger partial charge in [-0.1, -0.05) is 80.1 Å². The number of fused-ring (bicyclic) bond motifs is 5. The second-order valence-electron chi connectivity index (χ2n) is 17.7. The van der Waals surface area contributed by atoms with E-state index < -0.39 is 30.7 Å². The van der Waals surface area contributed by atoms with Gasteiger partial charge in [0.1, 0.15) is 31.0 Å². The number of esters is 1. The first kappa shape index (κ1) is 37.5. The number of aliphatic hydroxyl groups is 3. The third kappa shape index (κ3) is 8.10. The third-order valence-corrected chi connectivity index (χ3v) is 14.5. The number of ether oxygens (including phenoxy) is 3. The van der Waals surface area contributed by atoms with E-state index in [0.29, 0.717) is 23.2 Å². The van der Waals surface area contributed by atoms with Crippen molar-refractivity contribution in [2.24, 2.45) is 52.3 Å². The van der Waals surface area contributed by atoms with Crippen molar-refractivity contribution in [3.8, 4) is 0 Å². The topological polar surface area (TPSA) is 105 Å². The Bertz CT molecular complexity index is 1000. The van der Waals surface area contributed by atoms with Gasteiger partial charge in [0.05, 0.1) is 6.10 Å². The molecule has 7 heteroatoms. The number of aliphatic hydroxyl groups excluding tert-OH is 3. The molecule has 47 heavy (non-hydrogen) atoms. The summed E-state index contributed by atoms with van der Waals surface area (Å²) in [5.41, 5.74) is 0.822. The van der Waals surface area contributed by atoms with Gasteiger partial charge in [-0.2, -0.15) is 0 Å². The van der Waals surface area contributed by atoms with Gasteiger partial charge in [0, 0.05) is 6.42 Å². The third-order valence-electron chi connectivity index (χ3n) is 14.5. The van der Waals surface area contributed by atoms with E-state index >= 15 is 0 Å². The van der Waals surface area contributed by atoms with E-state index in [1.54, 1.807) is 0 Å². The summed E-state index contributed by atoms with van der Waals surface area (Å²) in [6.07, 6.45) is 13.3. The fraction of sp³-hybridized carbons (Fsp3) is 0.975. The highest BCUT2D eigenvalue weighted by molar-refractivity contribution is 5.69. The van der Waals surface area contributed by atoms with Crippen molar-refractivity contribution in [1.29, 1.82) is 0 Å². The Labute approximate surface area is 286 Å². The molecule has 5 aliphatic rings. The smallest absolute Gasteiger partial charge is 0.305 e. The molecule has 5 rings (SSSR count). The molecule has 0 amide bonds. The molecule has 5 fully saturated rings. The largest absolute Gasteiger partial charge is 0.463 e. The summed E-state index contributed by atoms with van der Waals surface area (Å²) in [5, 5.41) is 32.1. The number of carbonyl (C=O) groups is 1. The molecule has 1 saturated heterocycles. The van der Waals surface area contributed by atoms with Gasteiger partial charge >= 0.3 is 5.97 Å². The Balaban J connectivity index is 1.15. The van der Waals surface area contributed by atoms with Crippen molar-refractivity contribution in [2.45, 2.75) is 188 Å². The average Bonchev–Trinajstić information content (AvgIpc) is 3.40. The number of hydrogen-bond acceptors (Lipinski definition) is 7. The van der Waals surface area contributed by atoms with Crippen LogP contribution in [0.25, 0.3) is 0 Å². The lowest BCUT2D eigenvalue weighted by atomic mass is 9.44. The zero-order valence-electron chi connectivity index (χ0n) is 30.7. The number of hydrogen-bond donors (Lipinski definition) is 3. The van der Waals surface area contributed by atoms with Crippen LogP contribution < -0.4 is 0 Å². The van der Waals surface area contributed by atoms with Crippen LogP contribution in [-0.4, -0.2) is 64.7 Å². The Kier molecular flexibility index (Phi) is 12.8. The lowest BCUT2D eigenvalue weighted by Gasteiger charge is -2.61. The first-order valence-corrected chi connectivity index (χ1v) is 19.9. The molecule has 4 aliphatic carbocycles. The fourth-order valence-electron chi connectivity index (χ4n) is 11.7. The highest BCUT2D eigenvalue weighted by Crippen LogP contribution is 2.68. The molecule has 0 aromatic heterocycles. The van der Waals surface area contributed by atoms with Gasteiger partial charge in [0.15, 0.2) is 6.29 Å². The Morgan fingerprint density at radius 1 is 0.830 bits per heavy atom. The van der Waals surface area contributed by atoms with Gasteiger partial charge in [-0.05, 0) is 116 Å². The van der Waals surface area contributed by atoms with Gasteiger partial charge in [0.25, 0.3) is 0 Å². The van der Waals surface area contributed by atoms with E-state index in [-0.39, 0.29) is 18.7 Å². The van der Waals surface area contributed by atoms with E-state index in [0.717, 1.165) is 80.5 Å². The summed E-state index contributed by atoms with van der Waals surface area (Å²) in [6.45, 7) is 14.5. The predicted octanol–water partition coefficient (Wildman–Crippen LogP) is 7.81. The number of carbonyl (C=O) groups excluding carboxylic acids is 1. The molecule has 1 aliphatic heterocycles. The van der Waals surface area contributed by atoms with E-state index in [9.17, 15) is 20.1 Å². The highest BCUT2D eigenvalue weighted by atomic mass is 16.7. The molecule has 7 nitrogen and oxygen atoms in total. The molecular weight excluding hydrogens is 592 g/mol. The van der Waals surface area contributed by atoms with Crippen LogP contribution in [-0.2, 0) is 19.0 Å². The fourth-order valence-corrected chi connectivity index (χ4v) is 11.7. The normalized spacial score (nSPS) is 44.0. The zero-order chi connectivity index (χ0) is 33.9. The van der Waals surface area contributed by atoms with Crippen LogP contribution in [0.2, 0.25) is 0 Å². The molecule has 4 saturated carbocycles. The van der Waals surface area contributed by atoms with E-state index in [4.69, 9.17) is 14.2 Å². The molecule has 0 aromatic carbocycles. The molecule has 0 radical (unpaired) electrons. The molecule has 14 atom stereocenters. The summed E-state index contributed by atoms with van der Waals surface area (Å²) < 4.78 is 17.8. The predicted molar refractivity (Wildman–Crippen MR) is 184 cm³/mol. The Morgan fingerprint density at radius 3 is 2.32 bits per heavy atom. The minimum Gasteiger partial charge on any atom is -0.463 e. The number of unbranched alkanes of at least 4 members (excludes halogenated alkanes) is 3. The first-order chi connectivity index (χ1) is 22.4. The minimum absolute atomic E-state index is 0.0649. The van der Waals surface area contributed by atoms with Gasteiger partial charge in [0.2, 0.25) is 0 Å². The van der Waals surface area contributed by atoms with Gasteiger partial charge in [-0.15, -0.1) is 0 Å². The molecular formula is C40H70O7. The van der Waals surface area contributed by atoms with E-state index in [1.807, 2.05) is 0 Å². The molecule has 7 unspecified atom stereocenters. The van der Waals surface area contributed by atoms with Crippen molar-refractivity contribution >= 4 is 5.97 Å². The standard InChI is InChI=1S/C40H70O7/c1-7-8-9-10-14-34(41)45-24-33-35(42)36(43)37(44)38(47-33)46-28-19-21-39(5)27(23-28)15-16-29-31-18-17-30(26(4)13-11-12-25(2)3)40(31,6)22-20-32(29)39/h25-33,35-38,42-44H,7-24H2,1-6H3/t26-,27+,28+,29?,30?,31+,32?,33?,35+,36+,37?,38-,39?,40?/m1/s1. The summed E-state index contributed by atoms with van der Waals surface area (Å²) in [7, 11) is 0. The van der Waals surface area contributed by atoms with Crippen molar-refractivity contribution in [1.82, 2.24) is 0 Å². The van der Waals surface area contributed by atoms with E-state index in [1.165, 1.54) is 57.8 Å². The summed E-state index contributed by atoms with van der Waals surface area (Å²) in [4.78, 5) is 12.2. The second kappa shape index (κ2) is 16.1. The SMILES string of the molecule is CCCCCCC(=O)OCC1O[C@@H](O[C@H]2CCC3(C)C4CCC5(C)C([C@H](C)CCCC(C)C)CC[C@H]5C4CC[C@H]3C2)C(O)[C@@H](O)[C@H]1O. The lowest BCUT2D eigenvalue weighted by Crippen LogP contribution is -2.60. The average molecular weight is 663 g/mol. The maximum absolute atomic E-state index is 12.2. The van der Waals surface area contributed by atoms with Crippen molar-refractivity contribution in [3.63, 3.8) is 0 Å². The lowest BCUT2D eigenvalue weighted by molar-refractivity contribution is -0.317. The molecule has 0 bridgehead atoms. The van der Waals surface area contributed by atoms with Crippen LogP contribution in [0.4, 0.5) is 0 Å². The van der Waals surface area contributed by atoms with Gasteiger partial charge in [-0.25, -0.2) is 0 Å². The maximum Gasteiger partial charge on any atom is 0.305 e. The minimum atomic E-state index is -1.42. The van der Waals surface area contributed by atoms with Crippen LogP contribution in [0.15, 0.2) is 0 Å². The van der Waals surface area contributed by atoms with Crippen LogP contribution in [0.3, 0.4) is 0 Å². The van der Waals surface area contributed by atoms with Crippen LogP contribution in [0, 0.1) is 52.3 Å². The molecule has 0 spiro atoms. The number of rotatable bonds is 14. The Morgan fingerprint density at radius 2 is 1.57 bits per heavy atom. The first-order valence-electron chi connectivity index (χ1n) is 19.9. The van der Waals surface area contributed by atoms with Crippen molar-refractivity contribution in [2.75, 3.05) is 6.61 Å². The molecule has 3 N–H and O–H groups in total. The Hall–Kier alpha value is -0.730. The molecule has 1 heterocycles. The summed E-state index contributed by atoms with van der Waals surface area (Å²) in [5.74, 6) is 5.26. The van der Waals surface area contributed by atoms with Crippen LogP contribution in [0.1, 0.15) is 151 Å². The van der Waals surface area contributed by atoms with Crippen LogP contribution >= 0.6 is 0 Å². The monoisotopic (exact) mass is 663 g/mol. The summed E-state index contributed by atoms with van der Waals surface area (Å²) >= 11 is 0. The van der Waals surface area contributed by atoms with Crippen molar-refractivity contribution < 1.29 is 34.3 Å². The zero-order valence-corrected chi connectivity index (χ0v) is 30.7.